The number of aliphatic hydroxyl groups excluding tert-OH is 1. The minimum atomic E-state index is 0.225. The van der Waals surface area contributed by atoms with Crippen LogP contribution in [0.2, 0.25) is 0 Å². The van der Waals surface area contributed by atoms with Crippen LogP contribution in [-0.2, 0) is 0 Å². The van der Waals surface area contributed by atoms with Gasteiger partial charge in [0, 0.05) is 32.0 Å². The van der Waals surface area contributed by atoms with Gasteiger partial charge in [0.25, 0.3) is 0 Å². The molecule has 1 atom stereocenters. The highest BCUT2D eigenvalue weighted by atomic mass is 16.3. The van der Waals surface area contributed by atoms with Gasteiger partial charge in [-0.15, -0.1) is 0 Å². The number of β-amino-alcohol motifs (C(OH)–C–C–N with tert-alkyl or cyclic N) is 1. The van der Waals surface area contributed by atoms with Gasteiger partial charge in [-0.2, -0.15) is 0 Å². The number of nitrogens with zero attached hydrogens (tertiary/aromatic N) is 3. The van der Waals surface area contributed by atoms with Gasteiger partial charge < -0.3 is 10.0 Å². The van der Waals surface area contributed by atoms with Gasteiger partial charge in [-0.3, -0.25) is 9.88 Å². The number of hydrogen-bond donors (Lipinski definition) is 1. The maximum atomic E-state index is 9.12. The van der Waals surface area contributed by atoms with E-state index < -0.39 is 0 Å². The van der Waals surface area contributed by atoms with Crippen molar-refractivity contribution in [3.05, 3.63) is 23.5 Å². The van der Waals surface area contributed by atoms with Crippen LogP contribution in [0.25, 0.3) is 0 Å². The summed E-state index contributed by atoms with van der Waals surface area (Å²) in [5, 5.41) is 9.12. The summed E-state index contributed by atoms with van der Waals surface area (Å²) in [7, 11) is 4.11. The van der Waals surface area contributed by atoms with Crippen molar-refractivity contribution in [2.24, 2.45) is 0 Å². The molecule has 100 valence electrons. The summed E-state index contributed by atoms with van der Waals surface area (Å²) in [6, 6.07) is 4.65. The van der Waals surface area contributed by atoms with Gasteiger partial charge in [0.1, 0.15) is 0 Å². The lowest BCUT2D eigenvalue weighted by atomic mass is 10.1. The van der Waals surface area contributed by atoms with Crippen molar-refractivity contribution >= 4 is 5.69 Å². The average Bonchev–Trinajstić information content (AvgIpc) is 2.77. The maximum absolute atomic E-state index is 9.12. The van der Waals surface area contributed by atoms with E-state index in [9.17, 15) is 0 Å². The molecule has 1 N–H and O–H groups in total. The first-order valence-electron chi connectivity index (χ1n) is 6.62. The number of aliphatic hydroxyl groups is 1. The molecule has 0 spiro atoms. The van der Waals surface area contributed by atoms with Crippen LogP contribution in [0.3, 0.4) is 0 Å². The molecule has 0 aromatic carbocycles. The van der Waals surface area contributed by atoms with Gasteiger partial charge in [0.15, 0.2) is 0 Å². The molecule has 1 aliphatic rings. The molecule has 4 nitrogen and oxygen atoms in total. The molecule has 1 saturated heterocycles. The molecule has 0 saturated carbocycles. The fraction of sp³-hybridized carbons (Fsp3) is 0.643. The maximum Gasteiger partial charge on any atom is 0.0599 e. The van der Waals surface area contributed by atoms with E-state index in [1.54, 1.807) is 0 Å². The lowest BCUT2D eigenvalue weighted by molar-refractivity contribution is 0.183. The molecule has 0 bridgehead atoms. The summed E-state index contributed by atoms with van der Waals surface area (Å²) >= 11 is 0. The monoisotopic (exact) mass is 249 g/mol. The molecular weight excluding hydrogens is 226 g/mol. The molecule has 0 unspecified atom stereocenters. The number of pyridine rings is 1. The first-order valence-corrected chi connectivity index (χ1v) is 6.62. The van der Waals surface area contributed by atoms with Crippen molar-refractivity contribution in [1.82, 2.24) is 9.88 Å². The lowest BCUT2D eigenvalue weighted by Gasteiger charge is -2.24. The fourth-order valence-electron chi connectivity index (χ4n) is 2.66. The minimum Gasteiger partial charge on any atom is -0.395 e. The highest BCUT2D eigenvalue weighted by molar-refractivity contribution is 5.47. The van der Waals surface area contributed by atoms with Crippen LogP contribution < -0.4 is 4.90 Å². The Morgan fingerprint density at radius 1 is 1.44 bits per heavy atom. The zero-order valence-electron chi connectivity index (χ0n) is 11.6. The third kappa shape index (κ3) is 2.82. The molecule has 0 aliphatic carbocycles. The normalized spacial score (nSPS) is 20.3. The Morgan fingerprint density at radius 2 is 2.22 bits per heavy atom. The number of rotatable bonds is 4. The van der Waals surface area contributed by atoms with E-state index in [0.29, 0.717) is 6.04 Å². The predicted octanol–water partition coefficient (Wildman–Crippen LogP) is 1.59. The van der Waals surface area contributed by atoms with Crippen LogP contribution >= 0.6 is 0 Å². The second kappa shape index (κ2) is 5.67. The smallest absolute Gasteiger partial charge is 0.0599 e. The Labute approximate surface area is 109 Å². The molecule has 2 heterocycles. The Balaban J connectivity index is 2.26. The van der Waals surface area contributed by atoms with Gasteiger partial charge in [-0.1, -0.05) is 0 Å². The van der Waals surface area contributed by atoms with E-state index >= 15 is 0 Å². The molecule has 0 amide bonds. The van der Waals surface area contributed by atoms with E-state index in [1.807, 2.05) is 6.92 Å². The van der Waals surface area contributed by atoms with Crippen molar-refractivity contribution in [2.75, 3.05) is 38.7 Å². The average molecular weight is 249 g/mol. The number of likely N-dealkylation sites (tertiary alicyclic amines) is 1. The van der Waals surface area contributed by atoms with Crippen molar-refractivity contribution in [1.29, 1.82) is 0 Å². The van der Waals surface area contributed by atoms with Crippen molar-refractivity contribution in [2.45, 2.75) is 25.8 Å². The highest BCUT2D eigenvalue weighted by Crippen LogP contribution is 2.32. The predicted molar refractivity (Wildman–Crippen MR) is 73.9 cm³/mol. The standard InChI is InChI=1S/C14H23N3O/c1-11-9-12(16(2)3)10-13(15-11)14-5-4-6-17(14)7-8-18/h9-10,14,18H,4-8H2,1-3H3/t14-/m1/s1. The van der Waals surface area contributed by atoms with Crippen LogP contribution in [0.5, 0.6) is 0 Å². The van der Waals surface area contributed by atoms with E-state index in [4.69, 9.17) is 5.11 Å². The topological polar surface area (TPSA) is 39.6 Å². The van der Waals surface area contributed by atoms with Gasteiger partial charge in [-0.25, -0.2) is 0 Å². The van der Waals surface area contributed by atoms with Crippen LogP contribution in [0.15, 0.2) is 12.1 Å². The zero-order chi connectivity index (χ0) is 13.1. The molecular formula is C14H23N3O. The molecule has 18 heavy (non-hydrogen) atoms. The first kappa shape index (κ1) is 13.3. The molecule has 1 aliphatic heterocycles. The third-order valence-corrected chi connectivity index (χ3v) is 3.57. The summed E-state index contributed by atoms with van der Waals surface area (Å²) in [4.78, 5) is 9.13. The number of aryl methyl sites for hydroxylation is 1. The minimum absolute atomic E-state index is 0.225. The lowest BCUT2D eigenvalue weighted by Crippen LogP contribution is -2.27. The Morgan fingerprint density at radius 3 is 2.89 bits per heavy atom. The SMILES string of the molecule is Cc1cc(N(C)C)cc([C@H]2CCCN2CCO)n1. The van der Waals surface area contributed by atoms with Crippen molar-refractivity contribution in [3.63, 3.8) is 0 Å². The van der Waals surface area contributed by atoms with E-state index in [1.165, 1.54) is 12.1 Å². The van der Waals surface area contributed by atoms with Crippen molar-refractivity contribution < 1.29 is 5.11 Å². The molecule has 1 aromatic heterocycles. The number of hydrogen-bond acceptors (Lipinski definition) is 4. The fourth-order valence-corrected chi connectivity index (χ4v) is 2.66. The van der Waals surface area contributed by atoms with Crippen molar-refractivity contribution in [3.8, 4) is 0 Å². The highest BCUT2D eigenvalue weighted by Gasteiger charge is 2.26. The van der Waals surface area contributed by atoms with Gasteiger partial charge >= 0.3 is 0 Å². The summed E-state index contributed by atoms with van der Waals surface area (Å²) in [5.41, 5.74) is 3.41. The van der Waals surface area contributed by atoms with E-state index in [0.717, 1.165) is 30.9 Å². The van der Waals surface area contributed by atoms with Gasteiger partial charge in [0.05, 0.1) is 18.3 Å². The van der Waals surface area contributed by atoms with Crippen LogP contribution in [0, 0.1) is 6.92 Å². The summed E-state index contributed by atoms with van der Waals surface area (Å²) < 4.78 is 0. The summed E-state index contributed by atoms with van der Waals surface area (Å²) in [6.45, 7) is 4.08. The van der Waals surface area contributed by atoms with Crippen LogP contribution in [0.1, 0.15) is 30.3 Å². The molecule has 2 rings (SSSR count). The van der Waals surface area contributed by atoms with Gasteiger partial charge in [0.2, 0.25) is 0 Å². The van der Waals surface area contributed by atoms with Gasteiger partial charge in [-0.05, 0) is 38.4 Å². The zero-order valence-corrected chi connectivity index (χ0v) is 11.6. The molecule has 1 fully saturated rings. The van der Waals surface area contributed by atoms with E-state index in [-0.39, 0.29) is 6.61 Å². The number of aromatic nitrogens is 1. The number of anilines is 1. The second-order valence-electron chi connectivity index (χ2n) is 5.20. The largest absolute Gasteiger partial charge is 0.395 e. The van der Waals surface area contributed by atoms with Crippen LogP contribution in [0.4, 0.5) is 5.69 Å². The van der Waals surface area contributed by atoms with E-state index in [2.05, 4.69) is 41.0 Å². The quantitative estimate of drug-likeness (QED) is 0.879. The first-order chi connectivity index (χ1) is 8.61. The Bertz CT molecular complexity index is 406. The third-order valence-electron chi connectivity index (χ3n) is 3.57. The Hall–Kier alpha value is -1.13. The molecule has 0 radical (unpaired) electrons. The Kier molecular flexibility index (Phi) is 4.19. The summed E-state index contributed by atoms with van der Waals surface area (Å²) in [6.07, 6.45) is 2.33. The summed E-state index contributed by atoms with van der Waals surface area (Å²) in [5.74, 6) is 0. The molecule has 1 aromatic rings. The molecule has 4 heteroatoms. The second-order valence-corrected chi connectivity index (χ2v) is 5.20. The van der Waals surface area contributed by atoms with Crippen LogP contribution in [-0.4, -0.2) is 48.8 Å².